The molecule has 0 saturated carbocycles. The third kappa shape index (κ3) is 10.1. The largest absolute Gasteiger partial charge is 0.379 e. The molecule has 1 heterocycles. The van der Waals surface area contributed by atoms with E-state index in [9.17, 15) is 0 Å². The van der Waals surface area contributed by atoms with Crippen molar-refractivity contribution in [3.05, 3.63) is 12.7 Å². The summed E-state index contributed by atoms with van der Waals surface area (Å²) in [6.45, 7) is 14.0. The van der Waals surface area contributed by atoms with Crippen LogP contribution in [-0.2, 0) is 4.74 Å². The molecule has 0 amide bonds. The minimum absolute atomic E-state index is 0. The molecule has 1 aliphatic heterocycles. The third-order valence-electron chi connectivity index (χ3n) is 4.58. The Kier molecular flexibility index (Phi) is 16.2. The van der Waals surface area contributed by atoms with Gasteiger partial charge in [-0.05, 0) is 5.92 Å². The predicted molar refractivity (Wildman–Crippen MR) is 123 cm³/mol. The first-order chi connectivity index (χ1) is 11.8. The van der Waals surface area contributed by atoms with E-state index >= 15 is 0 Å². The first-order valence-electron chi connectivity index (χ1n) is 9.21. The van der Waals surface area contributed by atoms with E-state index in [1.54, 1.807) is 0 Å². The Morgan fingerprint density at radius 1 is 1.28 bits per heavy atom. The van der Waals surface area contributed by atoms with E-state index < -0.39 is 0 Å². The van der Waals surface area contributed by atoms with E-state index in [0.717, 1.165) is 56.9 Å². The maximum absolute atomic E-state index is 5.52. The summed E-state index contributed by atoms with van der Waals surface area (Å²) in [5.74, 6) is 3.67. The van der Waals surface area contributed by atoms with Gasteiger partial charge in [0.1, 0.15) is 0 Å². The van der Waals surface area contributed by atoms with Crippen LogP contribution in [0, 0.1) is 5.92 Å². The van der Waals surface area contributed by atoms with Crippen LogP contribution in [0.4, 0.5) is 0 Å². The van der Waals surface area contributed by atoms with E-state index in [0.29, 0.717) is 12.0 Å². The molecule has 25 heavy (non-hydrogen) atoms. The molecule has 148 valence electrons. The number of halogens is 1. The quantitative estimate of drug-likeness (QED) is 0.155. The van der Waals surface area contributed by atoms with Crippen molar-refractivity contribution >= 4 is 41.7 Å². The Bertz CT molecular complexity index is 361. The SMILES string of the molecule is C=CCSCCNC(=NC)NCC(C(CC)CC)N1CCOCC1.I. The van der Waals surface area contributed by atoms with Crippen LogP contribution in [0.1, 0.15) is 26.7 Å². The van der Waals surface area contributed by atoms with Crippen LogP contribution in [0.3, 0.4) is 0 Å². The Hall–Kier alpha value is 0.01000. The van der Waals surface area contributed by atoms with Gasteiger partial charge in [-0.25, -0.2) is 0 Å². The molecule has 1 unspecified atom stereocenters. The molecule has 1 rings (SSSR count). The highest BCUT2D eigenvalue weighted by Crippen LogP contribution is 2.19. The molecule has 0 spiro atoms. The zero-order valence-corrected chi connectivity index (χ0v) is 19.3. The molecule has 1 atom stereocenters. The lowest BCUT2D eigenvalue weighted by Gasteiger charge is -2.39. The van der Waals surface area contributed by atoms with Crippen molar-refractivity contribution in [3.63, 3.8) is 0 Å². The lowest BCUT2D eigenvalue weighted by Crippen LogP contribution is -2.53. The second-order valence-corrected chi connectivity index (χ2v) is 7.19. The maximum Gasteiger partial charge on any atom is 0.191 e. The van der Waals surface area contributed by atoms with Crippen LogP contribution in [0.5, 0.6) is 0 Å². The zero-order chi connectivity index (χ0) is 17.6. The van der Waals surface area contributed by atoms with Gasteiger partial charge in [-0.1, -0.05) is 32.8 Å². The molecule has 1 saturated heterocycles. The van der Waals surface area contributed by atoms with Crippen LogP contribution in [0.25, 0.3) is 0 Å². The van der Waals surface area contributed by atoms with Crippen molar-refractivity contribution in [2.24, 2.45) is 10.9 Å². The minimum Gasteiger partial charge on any atom is -0.379 e. The number of hydrogen-bond acceptors (Lipinski definition) is 4. The number of rotatable bonds is 11. The summed E-state index contributed by atoms with van der Waals surface area (Å²) in [6.07, 6.45) is 4.37. The molecular weight excluding hydrogens is 447 g/mol. The molecule has 0 aromatic carbocycles. The van der Waals surface area contributed by atoms with Crippen molar-refractivity contribution in [2.75, 3.05) is 57.9 Å². The lowest BCUT2D eigenvalue weighted by molar-refractivity contribution is 0.00272. The van der Waals surface area contributed by atoms with Gasteiger partial charge in [0.05, 0.1) is 13.2 Å². The average molecular weight is 484 g/mol. The molecule has 1 aliphatic rings. The molecule has 1 fully saturated rings. The number of hydrogen-bond donors (Lipinski definition) is 2. The van der Waals surface area contributed by atoms with Crippen LogP contribution in [0.2, 0.25) is 0 Å². The maximum atomic E-state index is 5.52. The molecule has 0 radical (unpaired) electrons. The number of nitrogens with one attached hydrogen (secondary N) is 2. The number of guanidine groups is 1. The second-order valence-electron chi connectivity index (χ2n) is 6.04. The molecular formula is C18H37IN4OS. The molecule has 5 nitrogen and oxygen atoms in total. The zero-order valence-electron chi connectivity index (χ0n) is 16.1. The highest BCUT2D eigenvalue weighted by Gasteiger charge is 2.26. The van der Waals surface area contributed by atoms with Crippen LogP contribution in [0.15, 0.2) is 17.6 Å². The summed E-state index contributed by atoms with van der Waals surface area (Å²) in [6, 6.07) is 0.539. The van der Waals surface area contributed by atoms with Gasteiger partial charge in [0.15, 0.2) is 5.96 Å². The topological polar surface area (TPSA) is 48.9 Å². The fourth-order valence-corrected chi connectivity index (χ4v) is 3.75. The fourth-order valence-electron chi connectivity index (χ4n) is 3.17. The van der Waals surface area contributed by atoms with Gasteiger partial charge in [0.2, 0.25) is 0 Å². The van der Waals surface area contributed by atoms with Gasteiger partial charge in [-0.15, -0.1) is 30.6 Å². The molecule has 7 heteroatoms. The van der Waals surface area contributed by atoms with Gasteiger partial charge >= 0.3 is 0 Å². The number of aliphatic imine (C=N–C) groups is 1. The summed E-state index contributed by atoms with van der Waals surface area (Å²) < 4.78 is 5.52. The second kappa shape index (κ2) is 16.2. The smallest absolute Gasteiger partial charge is 0.191 e. The minimum atomic E-state index is 0. The van der Waals surface area contributed by atoms with Crippen molar-refractivity contribution in [1.82, 2.24) is 15.5 Å². The normalized spacial score (nSPS) is 17.0. The van der Waals surface area contributed by atoms with Crippen molar-refractivity contribution in [1.29, 1.82) is 0 Å². The highest BCUT2D eigenvalue weighted by molar-refractivity contribution is 14.0. The molecule has 2 N–H and O–H groups in total. The van der Waals surface area contributed by atoms with Gasteiger partial charge in [0.25, 0.3) is 0 Å². The van der Waals surface area contributed by atoms with Gasteiger partial charge in [0, 0.05) is 50.8 Å². The van der Waals surface area contributed by atoms with E-state index in [1.165, 1.54) is 12.8 Å². The third-order valence-corrected chi connectivity index (χ3v) is 5.55. The lowest BCUT2D eigenvalue weighted by atomic mass is 9.92. The number of nitrogens with zero attached hydrogens (tertiary/aromatic N) is 2. The standard InChI is InChI=1S/C18H36N4OS.HI/c1-5-13-24-14-8-20-18(19-4)21-15-17(16(6-2)7-3)22-9-11-23-12-10-22;/h5,16-17H,1,6-15H2,2-4H3,(H2,19,20,21);1H. The van der Waals surface area contributed by atoms with E-state index in [1.807, 2.05) is 24.9 Å². The Morgan fingerprint density at radius 2 is 1.96 bits per heavy atom. The van der Waals surface area contributed by atoms with Gasteiger partial charge in [-0.3, -0.25) is 9.89 Å². The summed E-state index contributed by atoms with van der Waals surface area (Å²) in [5, 5.41) is 6.94. The first kappa shape index (κ1) is 25.0. The Labute approximate surface area is 175 Å². The van der Waals surface area contributed by atoms with Crippen molar-refractivity contribution in [3.8, 4) is 0 Å². The van der Waals surface area contributed by atoms with Crippen LogP contribution >= 0.6 is 35.7 Å². The van der Waals surface area contributed by atoms with E-state index in [2.05, 4.69) is 41.0 Å². The molecule has 0 aromatic heterocycles. The molecule has 0 bridgehead atoms. The van der Waals surface area contributed by atoms with Crippen LogP contribution in [-0.4, -0.2) is 74.8 Å². The fraction of sp³-hybridized carbons (Fsp3) is 0.833. The van der Waals surface area contributed by atoms with Crippen molar-refractivity contribution < 1.29 is 4.74 Å². The Balaban J connectivity index is 0.00000576. The van der Waals surface area contributed by atoms with Gasteiger partial charge < -0.3 is 15.4 Å². The van der Waals surface area contributed by atoms with Crippen molar-refractivity contribution in [2.45, 2.75) is 32.7 Å². The highest BCUT2D eigenvalue weighted by atomic mass is 127. The number of ether oxygens (including phenoxy) is 1. The number of morpholine rings is 1. The number of thioether (sulfide) groups is 1. The summed E-state index contributed by atoms with van der Waals surface area (Å²) in [5.41, 5.74) is 0. The molecule has 0 aliphatic carbocycles. The Morgan fingerprint density at radius 3 is 2.52 bits per heavy atom. The summed E-state index contributed by atoms with van der Waals surface area (Å²) >= 11 is 1.88. The van der Waals surface area contributed by atoms with E-state index in [4.69, 9.17) is 4.74 Å². The molecule has 0 aromatic rings. The van der Waals surface area contributed by atoms with Gasteiger partial charge in [-0.2, -0.15) is 11.8 Å². The first-order valence-corrected chi connectivity index (χ1v) is 10.4. The summed E-state index contributed by atoms with van der Waals surface area (Å²) in [4.78, 5) is 6.94. The summed E-state index contributed by atoms with van der Waals surface area (Å²) in [7, 11) is 1.84. The predicted octanol–water partition coefficient (Wildman–Crippen LogP) is 2.83. The monoisotopic (exact) mass is 484 g/mol. The van der Waals surface area contributed by atoms with E-state index in [-0.39, 0.29) is 24.0 Å². The van der Waals surface area contributed by atoms with Crippen LogP contribution < -0.4 is 10.6 Å². The average Bonchev–Trinajstić information content (AvgIpc) is 2.63.